The molecule has 0 saturated carbocycles. The highest BCUT2D eigenvalue weighted by Gasteiger charge is 2.38. The van der Waals surface area contributed by atoms with Crippen LogP contribution < -0.4 is 0 Å². The zero-order valence-corrected chi connectivity index (χ0v) is 19.1. The maximum atomic E-state index is 13.3. The van der Waals surface area contributed by atoms with Gasteiger partial charge in [-0.25, -0.2) is 9.79 Å². The van der Waals surface area contributed by atoms with Crippen molar-refractivity contribution in [3.63, 3.8) is 0 Å². The van der Waals surface area contributed by atoms with E-state index in [9.17, 15) is 9.59 Å². The number of halogens is 2. The number of carbonyl (C=O) groups is 2. The molecule has 0 spiro atoms. The number of nitrogens with zero attached hydrogens (tertiary/aromatic N) is 2. The second-order valence-corrected chi connectivity index (χ2v) is 9.13. The maximum absolute atomic E-state index is 13.3. The van der Waals surface area contributed by atoms with Gasteiger partial charge in [0.1, 0.15) is 0 Å². The molecule has 1 unspecified atom stereocenters. The van der Waals surface area contributed by atoms with Gasteiger partial charge in [0.25, 0.3) is 0 Å². The van der Waals surface area contributed by atoms with Gasteiger partial charge in [0.2, 0.25) is 5.91 Å². The molecule has 1 atom stereocenters. The number of hydrogen-bond acceptors (Lipinski definition) is 4. The molecule has 1 aliphatic rings. The van der Waals surface area contributed by atoms with Gasteiger partial charge >= 0.3 is 5.97 Å². The Labute approximate surface area is 199 Å². The minimum atomic E-state index is -1.00. The summed E-state index contributed by atoms with van der Waals surface area (Å²) in [5.41, 5.74) is 2.54. The van der Waals surface area contributed by atoms with Crippen LogP contribution in [0.1, 0.15) is 21.5 Å². The summed E-state index contributed by atoms with van der Waals surface area (Å²) in [6, 6.07) is 21.3. The molecular weight excluding hydrogens is 467 g/mol. The lowest BCUT2D eigenvalue weighted by Crippen LogP contribution is -2.32. The SMILES string of the molecule is O=C(O)c1ccc(N=C2SC(Cc3cccc(Cl)c3Cl)C(=O)N2Cc2ccccc2)cc1. The molecule has 3 aromatic rings. The molecule has 4 rings (SSSR count). The molecule has 8 heteroatoms. The summed E-state index contributed by atoms with van der Waals surface area (Å²) in [6.45, 7) is 0.387. The minimum absolute atomic E-state index is 0.0594. The maximum Gasteiger partial charge on any atom is 0.335 e. The van der Waals surface area contributed by atoms with Crippen molar-refractivity contribution in [2.45, 2.75) is 18.2 Å². The molecule has 1 aliphatic heterocycles. The molecule has 1 amide bonds. The molecule has 162 valence electrons. The Balaban J connectivity index is 1.64. The summed E-state index contributed by atoms with van der Waals surface area (Å²) in [6.07, 6.45) is 0.422. The van der Waals surface area contributed by atoms with Gasteiger partial charge in [-0.2, -0.15) is 0 Å². The Kier molecular flexibility index (Phi) is 6.84. The zero-order valence-electron chi connectivity index (χ0n) is 16.7. The second-order valence-electron chi connectivity index (χ2n) is 7.18. The predicted octanol–water partition coefficient (Wildman–Crippen LogP) is 6.07. The molecule has 1 saturated heterocycles. The third kappa shape index (κ3) is 4.99. The van der Waals surface area contributed by atoms with Crippen LogP contribution in [0.5, 0.6) is 0 Å². The Morgan fingerprint density at radius 3 is 2.41 bits per heavy atom. The van der Waals surface area contributed by atoms with Crippen molar-refractivity contribution in [2.24, 2.45) is 4.99 Å². The number of rotatable bonds is 6. The number of carboxylic acids is 1. The van der Waals surface area contributed by atoms with E-state index >= 15 is 0 Å². The van der Waals surface area contributed by atoms with Crippen LogP contribution >= 0.6 is 35.0 Å². The predicted molar refractivity (Wildman–Crippen MR) is 129 cm³/mol. The van der Waals surface area contributed by atoms with Crippen LogP contribution in [0, 0.1) is 0 Å². The molecule has 1 heterocycles. The van der Waals surface area contributed by atoms with Crippen LogP contribution in [0.15, 0.2) is 77.8 Å². The Hall–Kier alpha value is -2.80. The number of carboxylic acid groups (broad SMARTS) is 1. The lowest BCUT2D eigenvalue weighted by molar-refractivity contribution is -0.126. The Morgan fingerprint density at radius 2 is 1.72 bits per heavy atom. The summed E-state index contributed by atoms with van der Waals surface area (Å²) in [5, 5.41) is 10.2. The van der Waals surface area contributed by atoms with Crippen molar-refractivity contribution < 1.29 is 14.7 Å². The fraction of sp³-hybridized carbons (Fsp3) is 0.125. The quantitative estimate of drug-likeness (QED) is 0.461. The number of amides is 1. The van der Waals surface area contributed by atoms with Gasteiger partial charge in [-0.05, 0) is 47.9 Å². The van der Waals surface area contributed by atoms with E-state index in [2.05, 4.69) is 4.99 Å². The average molecular weight is 485 g/mol. The number of carbonyl (C=O) groups excluding carboxylic acids is 1. The molecule has 0 bridgehead atoms. The van der Waals surface area contributed by atoms with Crippen LogP contribution in [0.2, 0.25) is 10.0 Å². The number of benzene rings is 3. The summed E-state index contributed by atoms with van der Waals surface area (Å²) in [7, 11) is 0. The number of aromatic carboxylic acids is 1. The highest BCUT2D eigenvalue weighted by Crippen LogP contribution is 2.35. The van der Waals surface area contributed by atoms with E-state index in [-0.39, 0.29) is 11.5 Å². The molecule has 1 fully saturated rings. The Bertz CT molecular complexity index is 1180. The van der Waals surface area contributed by atoms with E-state index < -0.39 is 11.2 Å². The highest BCUT2D eigenvalue weighted by atomic mass is 35.5. The van der Waals surface area contributed by atoms with Crippen LogP contribution in [0.25, 0.3) is 0 Å². The van der Waals surface area contributed by atoms with Gasteiger partial charge in [0.05, 0.1) is 33.1 Å². The third-order valence-electron chi connectivity index (χ3n) is 4.98. The van der Waals surface area contributed by atoms with Crippen molar-refractivity contribution in [3.05, 3.63) is 99.5 Å². The van der Waals surface area contributed by atoms with E-state index in [0.29, 0.717) is 33.9 Å². The summed E-state index contributed by atoms with van der Waals surface area (Å²) >= 11 is 13.9. The smallest absolute Gasteiger partial charge is 0.335 e. The first-order chi connectivity index (χ1) is 15.4. The van der Waals surface area contributed by atoms with E-state index in [0.717, 1.165) is 11.1 Å². The van der Waals surface area contributed by atoms with E-state index in [4.69, 9.17) is 28.3 Å². The first-order valence-corrected chi connectivity index (χ1v) is 11.4. The summed E-state index contributed by atoms with van der Waals surface area (Å²) in [5.74, 6) is -1.06. The molecule has 0 aromatic heterocycles. The van der Waals surface area contributed by atoms with Gasteiger partial charge in [-0.1, -0.05) is 77.4 Å². The Morgan fingerprint density at radius 1 is 1.00 bits per heavy atom. The van der Waals surface area contributed by atoms with Crippen molar-refractivity contribution >= 4 is 57.7 Å². The van der Waals surface area contributed by atoms with Gasteiger partial charge in [0.15, 0.2) is 5.17 Å². The largest absolute Gasteiger partial charge is 0.478 e. The van der Waals surface area contributed by atoms with Crippen LogP contribution in [0.3, 0.4) is 0 Å². The second kappa shape index (κ2) is 9.77. The molecular formula is C24H18Cl2N2O3S. The van der Waals surface area contributed by atoms with Crippen molar-refractivity contribution in [1.82, 2.24) is 4.90 Å². The fourth-order valence-electron chi connectivity index (χ4n) is 3.33. The van der Waals surface area contributed by atoms with Crippen LogP contribution in [0.4, 0.5) is 5.69 Å². The number of aliphatic imine (C=N–C) groups is 1. The van der Waals surface area contributed by atoms with Crippen molar-refractivity contribution in [2.75, 3.05) is 0 Å². The van der Waals surface area contributed by atoms with Gasteiger partial charge < -0.3 is 5.11 Å². The highest BCUT2D eigenvalue weighted by molar-refractivity contribution is 8.15. The summed E-state index contributed by atoms with van der Waals surface area (Å²) < 4.78 is 0. The normalized spacial score (nSPS) is 17.2. The molecule has 0 aliphatic carbocycles. The lowest BCUT2D eigenvalue weighted by atomic mass is 10.1. The fourth-order valence-corrected chi connectivity index (χ4v) is 4.91. The van der Waals surface area contributed by atoms with Crippen molar-refractivity contribution in [1.29, 1.82) is 0 Å². The van der Waals surface area contributed by atoms with Crippen molar-refractivity contribution in [3.8, 4) is 0 Å². The van der Waals surface area contributed by atoms with E-state index in [1.165, 1.54) is 23.9 Å². The standard InChI is InChI=1S/C24H18Cl2N2O3S/c25-19-8-4-7-17(21(19)26)13-20-22(29)28(14-15-5-2-1-3-6-15)24(32-20)27-18-11-9-16(10-12-18)23(30)31/h1-12,20H,13-14H2,(H,30,31). The first-order valence-electron chi connectivity index (χ1n) is 9.79. The zero-order chi connectivity index (χ0) is 22.7. The minimum Gasteiger partial charge on any atom is -0.478 e. The molecule has 5 nitrogen and oxygen atoms in total. The molecule has 32 heavy (non-hydrogen) atoms. The summed E-state index contributed by atoms with van der Waals surface area (Å²) in [4.78, 5) is 30.7. The number of thioether (sulfide) groups is 1. The van der Waals surface area contributed by atoms with Gasteiger partial charge in [0, 0.05) is 0 Å². The topological polar surface area (TPSA) is 70.0 Å². The molecule has 0 radical (unpaired) electrons. The lowest BCUT2D eigenvalue weighted by Gasteiger charge is -2.17. The first kappa shape index (κ1) is 22.4. The van der Waals surface area contributed by atoms with E-state index in [1.54, 1.807) is 23.1 Å². The van der Waals surface area contributed by atoms with Gasteiger partial charge in [-0.3, -0.25) is 9.69 Å². The third-order valence-corrected chi connectivity index (χ3v) is 7.01. The van der Waals surface area contributed by atoms with Gasteiger partial charge in [-0.15, -0.1) is 0 Å². The van der Waals surface area contributed by atoms with E-state index in [1.807, 2.05) is 42.5 Å². The number of hydrogen-bond donors (Lipinski definition) is 1. The van der Waals surface area contributed by atoms with Crippen LogP contribution in [-0.2, 0) is 17.8 Å². The average Bonchev–Trinajstić information content (AvgIpc) is 3.07. The number of amidine groups is 1. The monoisotopic (exact) mass is 484 g/mol. The molecule has 1 N–H and O–H groups in total. The molecule has 3 aromatic carbocycles. The van der Waals surface area contributed by atoms with Crippen LogP contribution in [-0.4, -0.2) is 32.3 Å².